The molecule has 0 unspecified atom stereocenters. The van der Waals surface area contributed by atoms with Gasteiger partial charge in [0.2, 0.25) is 5.91 Å². The van der Waals surface area contributed by atoms with Gasteiger partial charge >= 0.3 is 0 Å². The Bertz CT molecular complexity index is 810. The zero-order chi connectivity index (χ0) is 18.2. The molecule has 0 fully saturated rings. The van der Waals surface area contributed by atoms with E-state index in [2.05, 4.69) is 16.4 Å². The van der Waals surface area contributed by atoms with Gasteiger partial charge in [-0.25, -0.2) is 4.98 Å². The molecule has 1 amide bonds. The van der Waals surface area contributed by atoms with E-state index in [-0.39, 0.29) is 5.91 Å². The van der Waals surface area contributed by atoms with Crippen LogP contribution >= 0.6 is 11.3 Å². The van der Waals surface area contributed by atoms with Crippen molar-refractivity contribution in [3.63, 3.8) is 0 Å². The summed E-state index contributed by atoms with van der Waals surface area (Å²) in [5, 5.41) is 4.16. The minimum atomic E-state index is 0.128. The Morgan fingerprint density at radius 2 is 1.88 bits per heavy atom. The number of amides is 1. The molecule has 0 aliphatic rings. The van der Waals surface area contributed by atoms with Gasteiger partial charge in [-0.05, 0) is 55.5 Å². The Balaban J connectivity index is 1.31. The molecule has 136 valence electrons. The molecule has 26 heavy (non-hydrogen) atoms. The maximum absolute atomic E-state index is 11.9. The number of fused-ring (bicyclic) bond motifs is 1. The van der Waals surface area contributed by atoms with Crippen LogP contribution in [0.2, 0.25) is 0 Å². The summed E-state index contributed by atoms with van der Waals surface area (Å²) < 4.78 is 6.38. The molecule has 0 radical (unpaired) electrons. The highest BCUT2D eigenvalue weighted by atomic mass is 32.1. The molecular weight excluding hydrogens is 344 g/mol. The van der Waals surface area contributed by atoms with Gasteiger partial charge in [0.1, 0.15) is 5.75 Å². The minimum Gasteiger partial charge on any atom is -0.497 e. The summed E-state index contributed by atoms with van der Waals surface area (Å²) in [7, 11) is 1.66. The summed E-state index contributed by atoms with van der Waals surface area (Å²) in [6.45, 7) is 0.670. The van der Waals surface area contributed by atoms with Crippen molar-refractivity contribution in [1.29, 1.82) is 0 Å². The van der Waals surface area contributed by atoms with Gasteiger partial charge in [0.25, 0.3) is 0 Å². The average molecular weight is 369 g/mol. The minimum absolute atomic E-state index is 0.128. The molecule has 0 aliphatic heterocycles. The number of aromatic nitrogens is 1. The molecule has 0 saturated heterocycles. The van der Waals surface area contributed by atoms with Crippen LogP contribution in [0.1, 0.15) is 29.8 Å². The van der Waals surface area contributed by atoms with Crippen molar-refractivity contribution >= 4 is 27.5 Å². The number of thiazole rings is 1. The molecule has 0 atom stereocenters. The van der Waals surface area contributed by atoms with Gasteiger partial charge in [-0.1, -0.05) is 24.3 Å². The SMILES string of the molecule is COc1ccc(CCNC(=O)CCCCc2nc3ccccc3s2)cc1. The summed E-state index contributed by atoms with van der Waals surface area (Å²) in [4.78, 5) is 16.6. The predicted octanol–water partition coefficient (Wildman–Crippen LogP) is 4.38. The summed E-state index contributed by atoms with van der Waals surface area (Å²) in [5.74, 6) is 0.980. The van der Waals surface area contributed by atoms with Gasteiger partial charge in [0.05, 0.1) is 22.3 Å². The molecule has 3 aromatic rings. The van der Waals surface area contributed by atoms with E-state index in [0.717, 1.165) is 42.0 Å². The molecule has 0 spiro atoms. The van der Waals surface area contributed by atoms with Crippen molar-refractivity contribution in [3.8, 4) is 5.75 Å². The second-order valence-corrected chi connectivity index (χ2v) is 7.35. The van der Waals surface area contributed by atoms with Crippen LogP contribution in [0.25, 0.3) is 10.2 Å². The molecule has 1 heterocycles. The van der Waals surface area contributed by atoms with Gasteiger partial charge in [0.15, 0.2) is 0 Å². The fourth-order valence-electron chi connectivity index (χ4n) is 2.82. The number of aryl methyl sites for hydroxylation is 1. The van der Waals surface area contributed by atoms with E-state index in [1.165, 1.54) is 10.3 Å². The quantitative estimate of drug-likeness (QED) is 0.570. The van der Waals surface area contributed by atoms with Crippen LogP contribution in [0.3, 0.4) is 0 Å². The molecule has 0 bridgehead atoms. The van der Waals surface area contributed by atoms with E-state index < -0.39 is 0 Å². The zero-order valence-corrected chi connectivity index (χ0v) is 15.8. The lowest BCUT2D eigenvalue weighted by Gasteiger charge is -2.06. The third-order valence-electron chi connectivity index (χ3n) is 4.28. The number of nitrogens with one attached hydrogen (secondary N) is 1. The highest BCUT2D eigenvalue weighted by Gasteiger charge is 2.05. The summed E-state index contributed by atoms with van der Waals surface area (Å²) in [5.41, 5.74) is 2.27. The second-order valence-electron chi connectivity index (χ2n) is 6.23. The van der Waals surface area contributed by atoms with E-state index in [9.17, 15) is 4.79 Å². The number of hydrogen-bond acceptors (Lipinski definition) is 4. The van der Waals surface area contributed by atoms with Crippen LogP contribution in [0.5, 0.6) is 5.75 Å². The number of nitrogens with zero attached hydrogens (tertiary/aromatic N) is 1. The Labute approximate surface area is 158 Å². The number of unbranched alkanes of at least 4 members (excludes halogenated alkanes) is 1. The highest BCUT2D eigenvalue weighted by molar-refractivity contribution is 7.18. The summed E-state index contributed by atoms with van der Waals surface area (Å²) >= 11 is 1.75. The van der Waals surface area contributed by atoms with Crippen LogP contribution < -0.4 is 10.1 Å². The molecule has 3 rings (SSSR count). The monoisotopic (exact) mass is 368 g/mol. The lowest BCUT2D eigenvalue weighted by molar-refractivity contribution is -0.121. The Kier molecular flexibility index (Phi) is 6.61. The second kappa shape index (κ2) is 9.34. The Morgan fingerprint density at radius 3 is 2.65 bits per heavy atom. The maximum atomic E-state index is 11.9. The number of methoxy groups -OCH3 is 1. The number of para-hydroxylation sites is 1. The number of ether oxygens (including phenoxy) is 1. The van der Waals surface area contributed by atoms with Crippen LogP contribution in [0.4, 0.5) is 0 Å². The van der Waals surface area contributed by atoms with E-state index in [1.807, 2.05) is 42.5 Å². The summed E-state index contributed by atoms with van der Waals surface area (Å²) in [6.07, 6.45) is 4.24. The van der Waals surface area contributed by atoms with Crippen LogP contribution in [0.15, 0.2) is 48.5 Å². The highest BCUT2D eigenvalue weighted by Crippen LogP contribution is 2.22. The van der Waals surface area contributed by atoms with Gasteiger partial charge in [-0.15, -0.1) is 11.3 Å². The van der Waals surface area contributed by atoms with Crippen molar-refractivity contribution < 1.29 is 9.53 Å². The average Bonchev–Trinajstić information content (AvgIpc) is 3.09. The number of carbonyl (C=O) groups excluding carboxylic acids is 1. The van der Waals surface area contributed by atoms with Gasteiger partial charge < -0.3 is 10.1 Å². The molecule has 0 saturated carbocycles. The maximum Gasteiger partial charge on any atom is 0.220 e. The van der Waals surface area contributed by atoms with Gasteiger partial charge in [-0.3, -0.25) is 4.79 Å². The van der Waals surface area contributed by atoms with Gasteiger partial charge in [-0.2, -0.15) is 0 Å². The normalized spacial score (nSPS) is 10.8. The fraction of sp³-hybridized carbons (Fsp3) is 0.333. The first kappa shape index (κ1) is 18.4. The molecule has 1 aromatic heterocycles. The van der Waals surface area contributed by atoms with E-state index >= 15 is 0 Å². The topological polar surface area (TPSA) is 51.2 Å². The number of rotatable bonds is 9. The lowest BCUT2D eigenvalue weighted by Crippen LogP contribution is -2.25. The third-order valence-corrected chi connectivity index (χ3v) is 5.37. The van der Waals surface area contributed by atoms with Crippen LogP contribution in [-0.2, 0) is 17.6 Å². The fourth-order valence-corrected chi connectivity index (χ4v) is 3.82. The number of benzene rings is 2. The molecule has 4 nitrogen and oxygen atoms in total. The molecule has 1 N–H and O–H groups in total. The molecular formula is C21H24N2O2S. The first-order valence-electron chi connectivity index (χ1n) is 8.98. The largest absolute Gasteiger partial charge is 0.497 e. The Morgan fingerprint density at radius 1 is 1.08 bits per heavy atom. The standard InChI is InChI=1S/C21H24N2O2S/c1-25-17-12-10-16(11-13-17)14-15-22-20(24)8-4-5-9-21-23-18-6-2-3-7-19(18)26-21/h2-3,6-7,10-13H,4-5,8-9,14-15H2,1H3,(H,22,24). The molecule has 2 aromatic carbocycles. The van der Waals surface area contributed by atoms with Crippen molar-refractivity contribution in [1.82, 2.24) is 10.3 Å². The molecule has 0 aliphatic carbocycles. The third kappa shape index (κ3) is 5.30. The Hall–Kier alpha value is -2.40. The van der Waals surface area contributed by atoms with Gasteiger partial charge in [0, 0.05) is 13.0 Å². The summed E-state index contributed by atoms with van der Waals surface area (Å²) in [6, 6.07) is 16.2. The first-order valence-corrected chi connectivity index (χ1v) is 9.80. The smallest absolute Gasteiger partial charge is 0.220 e. The zero-order valence-electron chi connectivity index (χ0n) is 15.0. The van der Waals surface area contributed by atoms with E-state index in [0.29, 0.717) is 13.0 Å². The number of hydrogen-bond donors (Lipinski definition) is 1. The van der Waals surface area contributed by atoms with E-state index in [4.69, 9.17) is 4.74 Å². The van der Waals surface area contributed by atoms with Crippen molar-refractivity contribution in [2.45, 2.75) is 32.1 Å². The first-order chi connectivity index (χ1) is 12.7. The predicted molar refractivity (Wildman–Crippen MR) is 107 cm³/mol. The number of carbonyl (C=O) groups is 1. The van der Waals surface area contributed by atoms with Crippen molar-refractivity contribution in [2.75, 3.05) is 13.7 Å². The van der Waals surface area contributed by atoms with E-state index in [1.54, 1.807) is 18.4 Å². The molecule has 5 heteroatoms. The van der Waals surface area contributed by atoms with Crippen LogP contribution in [0, 0.1) is 0 Å². The lowest BCUT2D eigenvalue weighted by atomic mass is 10.1. The van der Waals surface area contributed by atoms with Crippen LogP contribution in [-0.4, -0.2) is 24.5 Å². The van der Waals surface area contributed by atoms with Crippen molar-refractivity contribution in [2.24, 2.45) is 0 Å². The van der Waals surface area contributed by atoms with Crippen molar-refractivity contribution in [3.05, 3.63) is 59.1 Å².